The highest BCUT2D eigenvalue weighted by Crippen LogP contribution is 2.38. The molecule has 0 aromatic heterocycles. The summed E-state index contributed by atoms with van der Waals surface area (Å²) in [6, 6.07) is 4.82. The van der Waals surface area contributed by atoms with Gasteiger partial charge in [-0.15, -0.1) is 4.91 Å². The summed E-state index contributed by atoms with van der Waals surface area (Å²) in [5.41, 5.74) is 0.376. The number of aliphatic hydroxyl groups is 2. The van der Waals surface area contributed by atoms with E-state index in [0.717, 1.165) is 0 Å². The molecule has 2 unspecified atom stereocenters. The van der Waals surface area contributed by atoms with Gasteiger partial charge in [0.1, 0.15) is 18.2 Å². The maximum atomic E-state index is 10.8. The summed E-state index contributed by atoms with van der Waals surface area (Å²) in [7, 11) is 1.42. The summed E-state index contributed by atoms with van der Waals surface area (Å²) in [5.74, 6) is 0.295. The summed E-state index contributed by atoms with van der Waals surface area (Å²) in [5, 5.41) is 22.1. The van der Waals surface area contributed by atoms with E-state index in [-0.39, 0.29) is 5.69 Å². The summed E-state index contributed by atoms with van der Waals surface area (Å²) >= 11 is 0. The first-order chi connectivity index (χ1) is 8.02. The van der Waals surface area contributed by atoms with E-state index in [1.165, 1.54) is 25.9 Å². The summed E-state index contributed by atoms with van der Waals surface area (Å²) in [6.45, 7) is 2.97. The van der Waals surface area contributed by atoms with Crippen LogP contribution in [0.5, 0.6) is 5.75 Å². The van der Waals surface area contributed by atoms with E-state index in [1.54, 1.807) is 18.2 Å². The van der Waals surface area contributed by atoms with Gasteiger partial charge >= 0.3 is 0 Å². The fraction of sp³-hybridized carbons (Fsp3) is 0.455. The van der Waals surface area contributed by atoms with Crippen LogP contribution in [0.2, 0.25) is 0 Å². The summed E-state index contributed by atoms with van der Waals surface area (Å²) < 4.78 is 5.00. The highest BCUT2D eigenvalue weighted by Gasteiger charge is 2.22. The molecule has 0 spiro atoms. The Morgan fingerprint density at radius 1 is 1.29 bits per heavy atom. The lowest BCUT2D eigenvalue weighted by atomic mass is 10.2. The van der Waals surface area contributed by atoms with Crippen molar-refractivity contribution in [3.8, 4) is 5.75 Å². The molecule has 2 atom stereocenters. The second kappa shape index (κ2) is 5.60. The van der Waals surface area contributed by atoms with Crippen LogP contribution < -0.4 is 9.64 Å². The SMILES string of the molecule is COc1cccc(N(C(C)O)C(C)O)c1N=O. The van der Waals surface area contributed by atoms with Gasteiger partial charge in [-0.05, 0) is 31.2 Å². The zero-order valence-corrected chi connectivity index (χ0v) is 9.99. The molecule has 1 rings (SSSR count). The second-order valence-corrected chi connectivity index (χ2v) is 3.59. The van der Waals surface area contributed by atoms with Gasteiger partial charge in [-0.2, -0.15) is 0 Å². The van der Waals surface area contributed by atoms with Crippen molar-refractivity contribution >= 4 is 11.4 Å². The van der Waals surface area contributed by atoms with E-state index in [0.29, 0.717) is 11.4 Å². The summed E-state index contributed by atoms with van der Waals surface area (Å²) in [6.07, 6.45) is -1.91. The fourth-order valence-electron chi connectivity index (χ4n) is 1.69. The molecule has 0 aliphatic carbocycles. The smallest absolute Gasteiger partial charge is 0.173 e. The zero-order chi connectivity index (χ0) is 13.0. The molecular formula is C11H16N2O4. The van der Waals surface area contributed by atoms with Crippen LogP contribution in [0, 0.1) is 4.91 Å². The molecule has 17 heavy (non-hydrogen) atoms. The molecule has 0 amide bonds. The van der Waals surface area contributed by atoms with Crippen LogP contribution >= 0.6 is 0 Å². The minimum Gasteiger partial charge on any atom is -0.494 e. The molecule has 6 nitrogen and oxygen atoms in total. The lowest BCUT2D eigenvalue weighted by Crippen LogP contribution is -2.40. The topological polar surface area (TPSA) is 82.4 Å². The number of hydrogen-bond acceptors (Lipinski definition) is 6. The first-order valence-electron chi connectivity index (χ1n) is 5.17. The number of methoxy groups -OCH3 is 1. The quantitative estimate of drug-likeness (QED) is 0.603. The molecule has 0 bridgehead atoms. The van der Waals surface area contributed by atoms with Gasteiger partial charge in [-0.1, -0.05) is 6.07 Å². The Balaban J connectivity index is 3.32. The molecule has 0 aliphatic heterocycles. The first kappa shape index (κ1) is 13.4. The number of nitrogens with zero attached hydrogens (tertiary/aromatic N) is 2. The number of rotatable bonds is 5. The fourth-order valence-corrected chi connectivity index (χ4v) is 1.69. The Morgan fingerprint density at radius 3 is 2.29 bits per heavy atom. The van der Waals surface area contributed by atoms with E-state index < -0.39 is 12.5 Å². The monoisotopic (exact) mass is 240 g/mol. The van der Waals surface area contributed by atoms with Crippen molar-refractivity contribution in [2.75, 3.05) is 12.0 Å². The molecule has 0 fully saturated rings. The van der Waals surface area contributed by atoms with Crippen molar-refractivity contribution in [1.29, 1.82) is 0 Å². The average molecular weight is 240 g/mol. The first-order valence-corrected chi connectivity index (χ1v) is 5.17. The molecule has 2 N–H and O–H groups in total. The third-order valence-corrected chi connectivity index (χ3v) is 2.37. The van der Waals surface area contributed by atoms with Crippen molar-refractivity contribution < 1.29 is 14.9 Å². The van der Waals surface area contributed by atoms with Crippen LogP contribution in [0.15, 0.2) is 23.4 Å². The van der Waals surface area contributed by atoms with E-state index in [4.69, 9.17) is 4.74 Å². The van der Waals surface area contributed by atoms with E-state index in [1.807, 2.05) is 0 Å². The molecular weight excluding hydrogens is 224 g/mol. The largest absolute Gasteiger partial charge is 0.494 e. The van der Waals surface area contributed by atoms with Gasteiger partial charge < -0.3 is 19.8 Å². The van der Waals surface area contributed by atoms with Crippen molar-refractivity contribution in [3.05, 3.63) is 23.1 Å². The Hall–Kier alpha value is -1.66. The highest BCUT2D eigenvalue weighted by molar-refractivity contribution is 5.73. The maximum absolute atomic E-state index is 10.8. The van der Waals surface area contributed by atoms with Crippen molar-refractivity contribution in [2.24, 2.45) is 5.18 Å². The number of nitroso groups, excluding NO2 is 1. The molecule has 6 heteroatoms. The van der Waals surface area contributed by atoms with Gasteiger partial charge in [0.15, 0.2) is 5.69 Å². The molecule has 94 valence electrons. The number of benzene rings is 1. The Kier molecular flexibility index (Phi) is 4.42. The number of anilines is 1. The van der Waals surface area contributed by atoms with Gasteiger partial charge in [-0.25, -0.2) is 0 Å². The van der Waals surface area contributed by atoms with Gasteiger partial charge in [0.25, 0.3) is 0 Å². The van der Waals surface area contributed by atoms with Gasteiger partial charge in [0, 0.05) is 0 Å². The van der Waals surface area contributed by atoms with Crippen molar-refractivity contribution in [1.82, 2.24) is 0 Å². The predicted molar refractivity (Wildman–Crippen MR) is 64.3 cm³/mol. The Morgan fingerprint density at radius 2 is 1.88 bits per heavy atom. The van der Waals surface area contributed by atoms with Gasteiger partial charge in [0.2, 0.25) is 0 Å². The lowest BCUT2D eigenvalue weighted by molar-refractivity contribution is 0.105. The minimum absolute atomic E-state index is 0.0526. The second-order valence-electron chi connectivity index (χ2n) is 3.59. The van der Waals surface area contributed by atoms with Crippen LogP contribution in [0.4, 0.5) is 11.4 Å². The average Bonchev–Trinajstić information content (AvgIpc) is 2.27. The zero-order valence-electron chi connectivity index (χ0n) is 9.99. The lowest BCUT2D eigenvalue weighted by Gasteiger charge is -2.31. The van der Waals surface area contributed by atoms with Crippen molar-refractivity contribution in [3.63, 3.8) is 0 Å². The highest BCUT2D eigenvalue weighted by atomic mass is 16.5. The predicted octanol–water partition coefficient (Wildman–Crippen LogP) is 1.58. The molecule has 0 radical (unpaired) electrons. The molecule has 1 aromatic carbocycles. The standard InChI is InChI=1S/C11H16N2O4/c1-7(14)13(8(2)15)9-5-4-6-10(17-3)11(9)12-16/h4-8,14-15H,1-3H3. The maximum Gasteiger partial charge on any atom is 0.173 e. The Labute approximate surface area is 99.4 Å². The van der Waals surface area contributed by atoms with Crippen LogP contribution in [0.3, 0.4) is 0 Å². The van der Waals surface area contributed by atoms with E-state index in [9.17, 15) is 15.1 Å². The van der Waals surface area contributed by atoms with Crippen LogP contribution in [-0.4, -0.2) is 29.8 Å². The van der Waals surface area contributed by atoms with Crippen LogP contribution in [0.25, 0.3) is 0 Å². The van der Waals surface area contributed by atoms with Crippen LogP contribution in [-0.2, 0) is 0 Å². The van der Waals surface area contributed by atoms with Gasteiger partial charge in [-0.3, -0.25) is 0 Å². The van der Waals surface area contributed by atoms with E-state index in [2.05, 4.69) is 5.18 Å². The summed E-state index contributed by atoms with van der Waals surface area (Å²) in [4.78, 5) is 12.1. The number of aliphatic hydroxyl groups excluding tert-OH is 2. The molecule has 0 saturated carbocycles. The number of ether oxygens (including phenoxy) is 1. The van der Waals surface area contributed by atoms with E-state index >= 15 is 0 Å². The van der Waals surface area contributed by atoms with Crippen molar-refractivity contribution in [2.45, 2.75) is 26.3 Å². The molecule has 1 aromatic rings. The van der Waals surface area contributed by atoms with Crippen LogP contribution in [0.1, 0.15) is 13.8 Å². The third kappa shape index (κ3) is 2.72. The van der Waals surface area contributed by atoms with Gasteiger partial charge in [0.05, 0.1) is 12.8 Å². The molecule has 0 aliphatic rings. The normalized spacial score (nSPS) is 13.9. The number of hydrogen-bond donors (Lipinski definition) is 2. The molecule has 0 heterocycles. The minimum atomic E-state index is -0.956. The Bertz CT molecular complexity index is 385. The molecule has 0 saturated heterocycles. The third-order valence-electron chi connectivity index (χ3n) is 2.37.